The number of nitrogens with one attached hydrogen (secondary N) is 2. The molecule has 2 N–H and O–H groups in total. The van der Waals surface area contributed by atoms with Gasteiger partial charge in [-0.3, -0.25) is 4.79 Å². The van der Waals surface area contributed by atoms with Crippen LogP contribution in [0.4, 0.5) is 5.69 Å². The van der Waals surface area contributed by atoms with E-state index in [0.29, 0.717) is 19.8 Å². The minimum Gasteiger partial charge on any atom is -0.385 e. The standard InChI is InChI=1S/C19H27N3O3/c1-6-24-17(25-7-2)12-21-11-16(10-20)19(23)22-18-14(4)8-13(3)9-15(18)5/h8-9,11,17,21H,6-7,12H2,1-5H3,(H,22,23)/b16-11-. The van der Waals surface area contributed by atoms with Crippen molar-refractivity contribution in [3.63, 3.8) is 0 Å². The number of ether oxygens (including phenoxy) is 2. The van der Waals surface area contributed by atoms with Crippen molar-refractivity contribution in [1.29, 1.82) is 5.26 Å². The van der Waals surface area contributed by atoms with Crippen molar-refractivity contribution in [2.75, 3.05) is 25.1 Å². The van der Waals surface area contributed by atoms with Gasteiger partial charge in [-0.05, 0) is 45.7 Å². The summed E-state index contributed by atoms with van der Waals surface area (Å²) in [6.07, 6.45) is 0.968. The fourth-order valence-electron chi connectivity index (χ4n) is 2.50. The lowest BCUT2D eigenvalue weighted by molar-refractivity contribution is -0.131. The summed E-state index contributed by atoms with van der Waals surface area (Å²) in [6, 6.07) is 5.90. The second kappa shape index (κ2) is 10.5. The van der Waals surface area contributed by atoms with Crippen molar-refractivity contribution in [1.82, 2.24) is 5.32 Å². The van der Waals surface area contributed by atoms with Gasteiger partial charge in [-0.15, -0.1) is 0 Å². The number of benzene rings is 1. The molecule has 0 unspecified atom stereocenters. The maximum Gasteiger partial charge on any atom is 0.267 e. The van der Waals surface area contributed by atoms with Crippen LogP contribution < -0.4 is 10.6 Å². The van der Waals surface area contributed by atoms with Crippen LogP contribution in [-0.2, 0) is 14.3 Å². The van der Waals surface area contributed by atoms with Crippen molar-refractivity contribution in [2.45, 2.75) is 40.9 Å². The van der Waals surface area contributed by atoms with Crippen LogP contribution in [0, 0.1) is 32.1 Å². The molecule has 6 heteroatoms. The van der Waals surface area contributed by atoms with Crippen molar-refractivity contribution < 1.29 is 14.3 Å². The lowest BCUT2D eigenvalue weighted by atomic mass is 10.0. The number of nitriles is 1. The maximum atomic E-state index is 12.4. The molecule has 0 aliphatic rings. The van der Waals surface area contributed by atoms with Gasteiger partial charge in [0.05, 0.1) is 6.54 Å². The molecule has 0 aliphatic carbocycles. The van der Waals surface area contributed by atoms with Gasteiger partial charge in [0.1, 0.15) is 11.6 Å². The summed E-state index contributed by atoms with van der Waals surface area (Å²) in [5.41, 5.74) is 3.78. The topological polar surface area (TPSA) is 83.4 Å². The third kappa shape index (κ3) is 6.57. The van der Waals surface area contributed by atoms with Gasteiger partial charge in [0.15, 0.2) is 6.29 Å². The number of aryl methyl sites for hydroxylation is 3. The van der Waals surface area contributed by atoms with E-state index in [1.807, 2.05) is 52.8 Å². The molecule has 0 radical (unpaired) electrons. The molecule has 0 saturated carbocycles. The number of anilines is 1. The fourth-order valence-corrected chi connectivity index (χ4v) is 2.50. The number of rotatable bonds is 9. The Labute approximate surface area is 149 Å². The molecule has 0 fully saturated rings. The summed E-state index contributed by atoms with van der Waals surface area (Å²) in [7, 11) is 0. The van der Waals surface area contributed by atoms with E-state index in [1.54, 1.807) is 0 Å². The van der Waals surface area contributed by atoms with Gasteiger partial charge in [0, 0.05) is 25.1 Å². The van der Waals surface area contributed by atoms with Gasteiger partial charge in [-0.1, -0.05) is 17.7 Å². The second-order valence-electron chi connectivity index (χ2n) is 5.65. The highest BCUT2D eigenvalue weighted by molar-refractivity contribution is 6.07. The zero-order valence-electron chi connectivity index (χ0n) is 15.6. The first-order valence-electron chi connectivity index (χ1n) is 8.38. The summed E-state index contributed by atoms with van der Waals surface area (Å²) >= 11 is 0. The predicted molar refractivity (Wildman–Crippen MR) is 98.0 cm³/mol. The lowest BCUT2D eigenvalue weighted by Gasteiger charge is -2.16. The zero-order chi connectivity index (χ0) is 18.8. The van der Waals surface area contributed by atoms with Crippen LogP contribution in [0.2, 0.25) is 0 Å². The molecule has 0 aromatic heterocycles. The van der Waals surface area contributed by atoms with E-state index in [9.17, 15) is 10.1 Å². The van der Waals surface area contributed by atoms with Crippen LogP contribution >= 0.6 is 0 Å². The Bertz CT molecular complexity index is 633. The Kier molecular flexibility index (Phi) is 8.68. The smallest absolute Gasteiger partial charge is 0.267 e. The molecule has 136 valence electrons. The molecule has 1 aromatic rings. The molecule has 1 aromatic carbocycles. The molecule has 1 amide bonds. The molecule has 0 spiro atoms. The van der Waals surface area contributed by atoms with E-state index in [0.717, 1.165) is 22.4 Å². The van der Waals surface area contributed by atoms with Gasteiger partial charge >= 0.3 is 0 Å². The molecule has 0 heterocycles. The fraction of sp³-hybridized carbons (Fsp3) is 0.474. The minimum atomic E-state index is -0.450. The molecule has 0 bridgehead atoms. The van der Waals surface area contributed by atoms with Crippen LogP contribution in [0.25, 0.3) is 0 Å². The molecule has 25 heavy (non-hydrogen) atoms. The Balaban J connectivity index is 2.76. The Morgan fingerprint density at radius 3 is 2.24 bits per heavy atom. The van der Waals surface area contributed by atoms with Gasteiger partial charge < -0.3 is 20.1 Å². The molecule has 0 atom stereocenters. The number of hydrogen-bond acceptors (Lipinski definition) is 5. The monoisotopic (exact) mass is 345 g/mol. The summed E-state index contributed by atoms with van der Waals surface area (Å²) in [4.78, 5) is 12.4. The number of amides is 1. The van der Waals surface area contributed by atoms with Crippen LogP contribution in [-0.4, -0.2) is 32.0 Å². The van der Waals surface area contributed by atoms with Crippen molar-refractivity contribution in [3.8, 4) is 6.07 Å². The summed E-state index contributed by atoms with van der Waals surface area (Å²) in [6.45, 7) is 11.0. The largest absolute Gasteiger partial charge is 0.385 e. The lowest BCUT2D eigenvalue weighted by Crippen LogP contribution is -2.29. The number of nitrogens with zero attached hydrogens (tertiary/aromatic N) is 1. The molecule has 1 rings (SSSR count). The third-order valence-corrected chi connectivity index (χ3v) is 3.52. The summed E-state index contributed by atoms with van der Waals surface area (Å²) in [5, 5.41) is 15.0. The summed E-state index contributed by atoms with van der Waals surface area (Å²) in [5.74, 6) is -0.450. The quantitative estimate of drug-likeness (QED) is 0.408. The van der Waals surface area contributed by atoms with E-state index in [4.69, 9.17) is 9.47 Å². The van der Waals surface area contributed by atoms with Crippen LogP contribution in [0.15, 0.2) is 23.9 Å². The van der Waals surface area contributed by atoms with Crippen LogP contribution in [0.1, 0.15) is 30.5 Å². The van der Waals surface area contributed by atoms with Crippen molar-refractivity contribution in [3.05, 3.63) is 40.6 Å². The average molecular weight is 345 g/mol. The zero-order valence-corrected chi connectivity index (χ0v) is 15.6. The predicted octanol–water partition coefficient (Wildman–Crippen LogP) is 2.95. The maximum absolute atomic E-state index is 12.4. The first-order valence-corrected chi connectivity index (χ1v) is 8.38. The van der Waals surface area contributed by atoms with Crippen LogP contribution in [0.3, 0.4) is 0 Å². The van der Waals surface area contributed by atoms with Gasteiger partial charge in [-0.25, -0.2) is 0 Å². The number of carbonyl (C=O) groups excluding carboxylic acids is 1. The molecular formula is C19H27N3O3. The van der Waals surface area contributed by atoms with E-state index < -0.39 is 12.2 Å². The van der Waals surface area contributed by atoms with Crippen LogP contribution in [0.5, 0.6) is 0 Å². The van der Waals surface area contributed by atoms with E-state index in [2.05, 4.69) is 10.6 Å². The Hall–Kier alpha value is -2.36. The molecular weight excluding hydrogens is 318 g/mol. The highest BCUT2D eigenvalue weighted by Gasteiger charge is 2.13. The summed E-state index contributed by atoms with van der Waals surface area (Å²) < 4.78 is 10.8. The first kappa shape index (κ1) is 20.7. The average Bonchev–Trinajstić information content (AvgIpc) is 2.55. The first-order chi connectivity index (χ1) is 11.9. The Morgan fingerprint density at radius 2 is 1.76 bits per heavy atom. The molecule has 0 saturated heterocycles. The van der Waals surface area contributed by atoms with Crippen molar-refractivity contribution in [2.24, 2.45) is 0 Å². The van der Waals surface area contributed by atoms with Gasteiger partial charge in [0.25, 0.3) is 5.91 Å². The van der Waals surface area contributed by atoms with E-state index in [-0.39, 0.29) is 5.57 Å². The van der Waals surface area contributed by atoms with Gasteiger partial charge in [-0.2, -0.15) is 5.26 Å². The van der Waals surface area contributed by atoms with E-state index >= 15 is 0 Å². The SMILES string of the molecule is CCOC(CN/C=C(/C#N)C(=O)Nc1c(C)cc(C)cc1C)OCC. The minimum absolute atomic E-state index is 0.00822. The third-order valence-electron chi connectivity index (χ3n) is 3.52. The van der Waals surface area contributed by atoms with Crippen molar-refractivity contribution >= 4 is 11.6 Å². The normalized spacial score (nSPS) is 11.3. The second-order valence-corrected chi connectivity index (χ2v) is 5.65. The van der Waals surface area contributed by atoms with E-state index in [1.165, 1.54) is 6.20 Å². The molecule has 6 nitrogen and oxygen atoms in total. The Morgan fingerprint density at radius 1 is 1.20 bits per heavy atom. The number of hydrogen-bond donors (Lipinski definition) is 2. The molecule has 0 aliphatic heterocycles. The highest BCUT2D eigenvalue weighted by atomic mass is 16.7. The number of carbonyl (C=O) groups is 1. The highest BCUT2D eigenvalue weighted by Crippen LogP contribution is 2.22. The van der Waals surface area contributed by atoms with Gasteiger partial charge in [0.2, 0.25) is 0 Å².